The van der Waals surface area contributed by atoms with Crippen molar-refractivity contribution in [2.24, 2.45) is 0 Å². The SMILES string of the molecule is CNC(C)C/C=C/c1cncc(OC(C)C)c1. The monoisotopic (exact) mass is 234 g/mol. The molecule has 17 heavy (non-hydrogen) atoms. The summed E-state index contributed by atoms with van der Waals surface area (Å²) >= 11 is 0. The van der Waals surface area contributed by atoms with Gasteiger partial charge in [0.25, 0.3) is 0 Å². The van der Waals surface area contributed by atoms with E-state index < -0.39 is 0 Å². The molecule has 0 radical (unpaired) electrons. The van der Waals surface area contributed by atoms with E-state index in [0.29, 0.717) is 6.04 Å². The van der Waals surface area contributed by atoms with Crippen LogP contribution in [0.15, 0.2) is 24.5 Å². The summed E-state index contributed by atoms with van der Waals surface area (Å²) in [6.45, 7) is 6.18. The molecule has 1 unspecified atom stereocenters. The second kappa shape index (κ2) is 7.07. The highest BCUT2D eigenvalue weighted by molar-refractivity contribution is 5.49. The van der Waals surface area contributed by atoms with Gasteiger partial charge in [0.1, 0.15) is 5.75 Å². The minimum Gasteiger partial charge on any atom is -0.489 e. The molecule has 0 aliphatic rings. The van der Waals surface area contributed by atoms with Crippen LogP contribution in [0.1, 0.15) is 32.8 Å². The Labute approximate surface area is 104 Å². The van der Waals surface area contributed by atoms with Crippen LogP contribution in [0.5, 0.6) is 5.75 Å². The lowest BCUT2D eigenvalue weighted by Gasteiger charge is -2.09. The minimum absolute atomic E-state index is 0.181. The van der Waals surface area contributed by atoms with Crippen molar-refractivity contribution in [3.05, 3.63) is 30.1 Å². The Balaban J connectivity index is 2.59. The molecule has 0 aromatic carbocycles. The van der Waals surface area contributed by atoms with Crippen LogP contribution in [-0.4, -0.2) is 24.2 Å². The summed E-state index contributed by atoms with van der Waals surface area (Å²) in [6.07, 6.45) is 9.00. The van der Waals surface area contributed by atoms with Crippen LogP contribution in [0.2, 0.25) is 0 Å². The van der Waals surface area contributed by atoms with Gasteiger partial charge < -0.3 is 10.1 Å². The summed E-state index contributed by atoms with van der Waals surface area (Å²) in [5, 5.41) is 3.20. The maximum atomic E-state index is 5.59. The molecule has 94 valence electrons. The fourth-order valence-corrected chi connectivity index (χ4v) is 1.39. The van der Waals surface area contributed by atoms with Gasteiger partial charge in [-0.3, -0.25) is 4.98 Å². The molecule has 0 saturated carbocycles. The lowest BCUT2D eigenvalue weighted by molar-refractivity contribution is 0.241. The van der Waals surface area contributed by atoms with Gasteiger partial charge in [0.15, 0.2) is 0 Å². The van der Waals surface area contributed by atoms with Gasteiger partial charge in [-0.05, 0) is 45.9 Å². The second-order valence-electron chi connectivity index (χ2n) is 4.45. The van der Waals surface area contributed by atoms with Gasteiger partial charge in [-0.15, -0.1) is 0 Å². The van der Waals surface area contributed by atoms with Crippen molar-refractivity contribution in [3.8, 4) is 5.75 Å². The first-order valence-electron chi connectivity index (χ1n) is 6.07. The molecule has 0 amide bonds. The first kappa shape index (κ1) is 13.7. The van der Waals surface area contributed by atoms with Crippen molar-refractivity contribution in [1.29, 1.82) is 0 Å². The number of hydrogen-bond acceptors (Lipinski definition) is 3. The molecule has 3 heteroatoms. The number of aromatic nitrogens is 1. The number of nitrogens with zero attached hydrogens (tertiary/aromatic N) is 1. The van der Waals surface area contributed by atoms with E-state index in [-0.39, 0.29) is 6.10 Å². The number of nitrogens with one attached hydrogen (secondary N) is 1. The zero-order valence-corrected chi connectivity index (χ0v) is 11.1. The van der Waals surface area contributed by atoms with E-state index in [1.165, 1.54) is 0 Å². The maximum Gasteiger partial charge on any atom is 0.138 e. The molecule has 1 rings (SSSR count). The normalized spacial score (nSPS) is 13.2. The van der Waals surface area contributed by atoms with E-state index in [1.807, 2.05) is 33.2 Å². The van der Waals surface area contributed by atoms with Crippen LogP contribution < -0.4 is 10.1 Å². The van der Waals surface area contributed by atoms with Crippen molar-refractivity contribution < 1.29 is 4.74 Å². The Morgan fingerprint density at radius 1 is 1.35 bits per heavy atom. The number of hydrogen-bond donors (Lipinski definition) is 1. The van der Waals surface area contributed by atoms with E-state index in [9.17, 15) is 0 Å². The molecule has 1 aromatic rings. The third kappa shape index (κ3) is 5.50. The lowest BCUT2D eigenvalue weighted by Crippen LogP contribution is -2.19. The summed E-state index contributed by atoms with van der Waals surface area (Å²) in [4.78, 5) is 4.16. The Morgan fingerprint density at radius 3 is 2.76 bits per heavy atom. The standard InChI is InChI=1S/C14H22N2O/c1-11(2)17-14-8-13(9-16-10-14)7-5-6-12(3)15-4/h5,7-12,15H,6H2,1-4H3/b7-5+. The topological polar surface area (TPSA) is 34.2 Å². The molecule has 0 aliphatic heterocycles. The first-order valence-corrected chi connectivity index (χ1v) is 6.07. The van der Waals surface area contributed by atoms with Crippen LogP contribution in [0.4, 0.5) is 0 Å². The van der Waals surface area contributed by atoms with Gasteiger partial charge in [0.05, 0.1) is 12.3 Å². The van der Waals surface area contributed by atoms with E-state index in [0.717, 1.165) is 17.7 Å². The molecular formula is C14H22N2O. The average molecular weight is 234 g/mol. The number of ether oxygens (including phenoxy) is 1. The fourth-order valence-electron chi connectivity index (χ4n) is 1.39. The summed E-state index contributed by atoms with van der Waals surface area (Å²) in [5.41, 5.74) is 1.08. The Kier molecular flexibility index (Phi) is 5.70. The highest BCUT2D eigenvalue weighted by Gasteiger charge is 1.98. The minimum atomic E-state index is 0.181. The van der Waals surface area contributed by atoms with Crippen LogP contribution in [-0.2, 0) is 0 Å². The third-order valence-corrected chi connectivity index (χ3v) is 2.40. The zero-order valence-electron chi connectivity index (χ0n) is 11.1. The smallest absolute Gasteiger partial charge is 0.138 e. The van der Waals surface area contributed by atoms with E-state index >= 15 is 0 Å². The lowest BCUT2D eigenvalue weighted by atomic mass is 10.2. The largest absolute Gasteiger partial charge is 0.489 e. The van der Waals surface area contributed by atoms with Crippen molar-refractivity contribution >= 4 is 6.08 Å². The fraction of sp³-hybridized carbons (Fsp3) is 0.500. The Hall–Kier alpha value is -1.35. The van der Waals surface area contributed by atoms with E-state index in [4.69, 9.17) is 4.74 Å². The van der Waals surface area contributed by atoms with Crippen molar-refractivity contribution in [2.45, 2.75) is 39.3 Å². The highest BCUT2D eigenvalue weighted by Crippen LogP contribution is 2.14. The summed E-state index contributed by atoms with van der Waals surface area (Å²) in [6, 6.07) is 2.50. The molecular weight excluding hydrogens is 212 g/mol. The zero-order chi connectivity index (χ0) is 12.7. The highest BCUT2D eigenvalue weighted by atomic mass is 16.5. The molecule has 0 aliphatic carbocycles. The van der Waals surface area contributed by atoms with Crippen LogP contribution >= 0.6 is 0 Å². The predicted octanol–water partition coefficient (Wildman–Crippen LogP) is 2.88. The van der Waals surface area contributed by atoms with Gasteiger partial charge in [-0.1, -0.05) is 12.2 Å². The maximum absolute atomic E-state index is 5.59. The molecule has 0 spiro atoms. The van der Waals surface area contributed by atoms with Crippen molar-refractivity contribution in [1.82, 2.24) is 10.3 Å². The number of rotatable bonds is 6. The predicted molar refractivity (Wildman–Crippen MR) is 72.2 cm³/mol. The van der Waals surface area contributed by atoms with E-state index in [2.05, 4.69) is 29.4 Å². The molecule has 1 heterocycles. The van der Waals surface area contributed by atoms with E-state index in [1.54, 1.807) is 6.20 Å². The van der Waals surface area contributed by atoms with Gasteiger partial charge in [0, 0.05) is 12.2 Å². The van der Waals surface area contributed by atoms with Crippen molar-refractivity contribution in [3.63, 3.8) is 0 Å². The molecule has 1 aromatic heterocycles. The molecule has 1 N–H and O–H groups in total. The van der Waals surface area contributed by atoms with Crippen LogP contribution in [0.3, 0.4) is 0 Å². The molecule has 0 fully saturated rings. The summed E-state index contributed by atoms with van der Waals surface area (Å²) < 4.78 is 5.59. The molecule has 1 atom stereocenters. The summed E-state index contributed by atoms with van der Waals surface area (Å²) in [7, 11) is 1.97. The molecule has 0 bridgehead atoms. The third-order valence-electron chi connectivity index (χ3n) is 2.40. The molecule has 3 nitrogen and oxygen atoms in total. The van der Waals surface area contributed by atoms with Crippen LogP contribution in [0.25, 0.3) is 6.08 Å². The summed E-state index contributed by atoms with van der Waals surface area (Å²) in [5.74, 6) is 0.823. The van der Waals surface area contributed by atoms with Gasteiger partial charge >= 0.3 is 0 Å². The van der Waals surface area contributed by atoms with Gasteiger partial charge in [0.2, 0.25) is 0 Å². The molecule has 0 saturated heterocycles. The number of pyridine rings is 1. The van der Waals surface area contributed by atoms with Crippen molar-refractivity contribution in [2.75, 3.05) is 7.05 Å². The average Bonchev–Trinajstić information content (AvgIpc) is 2.28. The van der Waals surface area contributed by atoms with Crippen LogP contribution in [0, 0.1) is 0 Å². The Morgan fingerprint density at radius 2 is 2.12 bits per heavy atom. The van der Waals surface area contributed by atoms with Gasteiger partial charge in [-0.25, -0.2) is 0 Å². The Bertz CT molecular complexity index is 361. The first-order chi connectivity index (χ1) is 8.11. The quantitative estimate of drug-likeness (QED) is 0.821. The van der Waals surface area contributed by atoms with Gasteiger partial charge in [-0.2, -0.15) is 0 Å². The second-order valence-corrected chi connectivity index (χ2v) is 4.45.